The highest BCUT2D eigenvalue weighted by Gasteiger charge is 1.97. The largest absolute Gasteiger partial charge is 0.370 e. The number of nitrogens with zero attached hydrogens (tertiary/aromatic N) is 1. The standard InChI is InChI=1S/C19H24N4O.HI/c1-15(24)23-18-9-7-17(8-10-18)12-14-22-19(20)21-13-11-16-5-3-2-4-6-16;/h2-10H,11-14H2,1H3,(H,23,24)(H3,20,21,22);1H. The van der Waals surface area contributed by atoms with E-state index in [4.69, 9.17) is 5.73 Å². The Balaban J connectivity index is 0.00000312. The molecule has 0 aromatic heterocycles. The van der Waals surface area contributed by atoms with Gasteiger partial charge in [0.05, 0.1) is 0 Å². The lowest BCUT2D eigenvalue weighted by molar-refractivity contribution is -0.114. The van der Waals surface area contributed by atoms with Crippen LogP contribution >= 0.6 is 24.0 Å². The van der Waals surface area contributed by atoms with Crippen LogP contribution in [0.3, 0.4) is 0 Å². The normalized spacial score (nSPS) is 10.7. The Labute approximate surface area is 166 Å². The monoisotopic (exact) mass is 452 g/mol. The Bertz CT molecular complexity index is 672. The minimum atomic E-state index is -0.0679. The van der Waals surface area contributed by atoms with Gasteiger partial charge >= 0.3 is 0 Å². The van der Waals surface area contributed by atoms with Crippen LogP contribution in [0.4, 0.5) is 5.69 Å². The lowest BCUT2D eigenvalue weighted by Crippen LogP contribution is -2.33. The molecule has 0 fully saturated rings. The molecule has 0 saturated heterocycles. The fourth-order valence-electron chi connectivity index (χ4n) is 2.30. The maximum Gasteiger partial charge on any atom is 0.221 e. The van der Waals surface area contributed by atoms with E-state index < -0.39 is 0 Å². The third kappa shape index (κ3) is 8.53. The molecule has 0 heterocycles. The van der Waals surface area contributed by atoms with Crippen molar-refractivity contribution in [1.29, 1.82) is 0 Å². The van der Waals surface area contributed by atoms with E-state index >= 15 is 0 Å². The number of amides is 1. The first-order valence-corrected chi connectivity index (χ1v) is 8.08. The highest BCUT2D eigenvalue weighted by molar-refractivity contribution is 14.0. The van der Waals surface area contributed by atoms with Gasteiger partial charge in [-0.05, 0) is 36.1 Å². The number of hydrogen-bond acceptors (Lipinski definition) is 2. The van der Waals surface area contributed by atoms with E-state index in [0.717, 1.165) is 30.6 Å². The topological polar surface area (TPSA) is 79.5 Å². The van der Waals surface area contributed by atoms with Gasteiger partial charge in [0.2, 0.25) is 5.91 Å². The molecule has 2 aromatic rings. The van der Waals surface area contributed by atoms with Gasteiger partial charge in [-0.3, -0.25) is 9.79 Å². The predicted octanol–water partition coefficient (Wildman–Crippen LogP) is 2.95. The molecule has 4 N–H and O–H groups in total. The van der Waals surface area contributed by atoms with Crippen molar-refractivity contribution in [2.24, 2.45) is 10.7 Å². The number of halogens is 1. The summed E-state index contributed by atoms with van der Waals surface area (Å²) in [6.45, 7) is 2.89. The smallest absolute Gasteiger partial charge is 0.221 e. The number of nitrogens with two attached hydrogens (primary N) is 1. The maximum absolute atomic E-state index is 11.0. The highest BCUT2D eigenvalue weighted by Crippen LogP contribution is 2.09. The Morgan fingerprint density at radius 3 is 2.28 bits per heavy atom. The van der Waals surface area contributed by atoms with Crippen molar-refractivity contribution in [3.05, 3.63) is 65.7 Å². The molecule has 0 aliphatic heterocycles. The molecule has 0 saturated carbocycles. The molecule has 134 valence electrons. The van der Waals surface area contributed by atoms with E-state index in [2.05, 4.69) is 27.8 Å². The molecular weight excluding hydrogens is 427 g/mol. The summed E-state index contributed by atoms with van der Waals surface area (Å²) in [6, 6.07) is 18.0. The number of carbonyl (C=O) groups is 1. The van der Waals surface area contributed by atoms with Crippen LogP contribution in [0.2, 0.25) is 0 Å². The van der Waals surface area contributed by atoms with Gasteiger partial charge in [-0.25, -0.2) is 0 Å². The maximum atomic E-state index is 11.0. The third-order valence-electron chi connectivity index (χ3n) is 3.52. The first-order chi connectivity index (χ1) is 11.6. The average Bonchev–Trinajstić information content (AvgIpc) is 2.57. The summed E-state index contributed by atoms with van der Waals surface area (Å²) in [6.07, 6.45) is 1.73. The zero-order chi connectivity index (χ0) is 17.2. The molecule has 1 amide bonds. The third-order valence-corrected chi connectivity index (χ3v) is 3.52. The van der Waals surface area contributed by atoms with Gasteiger partial charge in [-0.2, -0.15) is 0 Å². The molecule has 0 aliphatic carbocycles. The quantitative estimate of drug-likeness (QED) is 0.344. The molecule has 6 heteroatoms. The minimum Gasteiger partial charge on any atom is -0.370 e. The predicted molar refractivity (Wildman–Crippen MR) is 115 cm³/mol. The number of nitrogens with one attached hydrogen (secondary N) is 2. The first-order valence-electron chi connectivity index (χ1n) is 8.08. The summed E-state index contributed by atoms with van der Waals surface area (Å²) in [5.41, 5.74) is 9.11. The van der Waals surface area contributed by atoms with Crippen LogP contribution < -0.4 is 16.4 Å². The van der Waals surface area contributed by atoms with Crippen LogP contribution in [0.5, 0.6) is 0 Å². The van der Waals surface area contributed by atoms with Crippen LogP contribution in [0, 0.1) is 0 Å². The van der Waals surface area contributed by atoms with Crippen molar-refractivity contribution in [2.75, 3.05) is 18.4 Å². The number of hydrogen-bond donors (Lipinski definition) is 3. The van der Waals surface area contributed by atoms with Crippen LogP contribution in [0.25, 0.3) is 0 Å². The molecule has 0 atom stereocenters. The zero-order valence-corrected chi connectivity index (χ0v) is 16.7. The van der Waals surface area contributed by atoms with Crippen LogP contribution in [-0.2, 0) is 17.6 Å². The second-order valence-corrected chi connectivity index (χ2v) is 5.56. The second-order valence-electron chi connectivity index (χ2n) is 5.56. The van der Waals surface area contributed by atoms with Gasteiger partial charge in [0.1, 0.15) is 0 Å². The SMILES string of the molecule is CC(=O)Nc1ccc(CCN=C(N)NCCc2ccccc2)cc1.I. The molecule has 0 spiro atoms. The van der Waals surface area contributed by atoms with Crippen molar-refractivity contribution in [2.45, 2.75) is 19.8 Å². The lowest BCUT2D eigenvalue weighted by atomic mass is 10.1. The first kappa shape index (κ1) is 21.0. The summed E-state index contributed by atoms with van der Waals surface area (Å²) in [4.78, 5) is 15.3. The van der Waals surface area contributed by atoms with Crippen molar-refractivity contribution >= 4 is 41.5 Å². The van der Waals surface area contributed by atoms with Gasteiger partial charge in [-0.1, -0.05) is 42.5 Å². The molecule has 25 heavy (non-hydrogen) atoms. The Morgan fingerprint density at radius 2 is 1.64 bits per heavy atom. The fourth-order valence-corrected chi connectivity index (χ4v) is 2.30. The van der Waals surface area contributed by atoms with Gasteiger partial charge in [0.25, 0.3) is 0 Å². The molecule has 0 aliphatic rings. The number of aliphatic imine (C=N–C) groups is 1. The molecule has 2 aromatic carbocycles. The summed E-state index contributed by atoms with van der Waals surface area (Å²) in [7, 11) is 0. The number of carbonyl (C=O) groups excluding carboxylic acids is 1. The lowest BCUT2D eigenvalue weighted by Gasteiger charge is -2.06. The summed E-state index contributed by atoms with van der Waals surface area (Å²) in [5, 5.41) is 5.87. The minimum absolute atomic E-state index is 0. The van der Waals surface area contributed by atoms with Crippen LogP contribution in [0.1, 0.15) is 18.1 Å². The van der Waals surface area contributed by atoms with Crippen LogP contribution in [0.15, 0.2) is 59.6 Å². The Kier molecular flexibility index (Phi) is 9.61. The zero-order valence-electron chi connectivity index (χ0n) is 14.4. The number of guanidine groups is 1. The molecule has 0 unspecified atom stereocenters. The average molecular weight is 452 g/mol. The fraction of sp³-hybridized carbons (Fsp3) is 0.263. The molecular formula is C19H25IN4O. The Morgan fingerprint density at radius 1 is 1.00 bits per heavy atom. The Hall–Kier alpha value is -2.09. The van der Waals surface area contributed by atoms with Gasteiger partial charge in [-0.15, -0.1) is 24.0 Å². The second kappa shape index (κ2) is 11.5. The van der Waals surface area contributed by atoms with E-state index in [1.54, 1.807) is 0 Å². The molecule has 0 bridgehead atoms. The van der Waals surface area contributed by atoms with Crippen molar-refractivity contribution in [3.63, 3.8) is 0 Å². The number of rotatable bonds is 7. The van der Waals surface area contributed by atoms with Crippen molar-refractivity contribution in [3.8, 4) is 0 Å². The van der Waals surface area contributed by atoms with E-state index in [1.165, 1.54) is 12.5 Å². The van der Waals surface area contributed by atoms with E-state index in [-0.39, 0.29) is 29.9 Å². The van der Waals surface area contributed by atoms with Crippen molar-refractivity contribution < 1.29 is 4.79 Å². The summed E-state index contributed by atoms with van der Waals surface area (Å²) < 4.78 is 0. The number of benzene rings is 2. The summed E-state index contributed by atoms with van der Waals surface area (Å²) in [5.74, 6) is 0.405. The van der Waals surface area contributed by atoms with Gasteiger partial charge in [0.15, 0.2) is 5.96 Å². The summed E-state index contributed by atoms with van der Waals surface area (Å²) >= 11 is 0. The van der Waals surface area contributed by atoms with Gasteiger partial charge < -0.3 is 16.4 Å². The van der Waals surface area contributed by atoms with E-state index in [0.29, 0.717) is 12.5 Å². The van der Waals surface area contributed by atoms with Gasteiger partial charge in [0, 0.05) is 25.7 Å². The molecule has 2 rings (SSSR count). The molecule has 5 nitrogen and oxygen atoms in total. The van der Waals surface area contributed by atoms with E-state index in [9.17, 15) is 4.79 Å². The highest BCUT2D eigenvalue weighted by atomic mass is 127. The van der Waals surface area contributed by atoms with Crippen LogP contribution in [-0.4, -0.2) is 25.0 Å². The number of anilines is 1. The van der Waals surface area contributed by atoms with E-state index in [1.807, 2.05) is 42.5 Å². The molecule has 0 radical (unpaired) electrons. The van der Waals surface area contributed by atoms with Crippen molar-refractivity contribution in [1.82, 2.24) is 5.32 Å².